The Balaban J connectivity index is 1.88. The van der Waals surface area contributed by atoms with Crippen LogP contribution in [0.3, 0.4) is 0 Å². The summed E-state index contributed by atoms with van der Waals surface area (Å²) in [6.07, 6.45) is -3.11. The Morgan fingerprint density at radius 2 is 1.78 bits per heavy atom. The summed E-state index contributed by atoms with van der Waals surface area (Å²) in [5, 5.41) is 15.2. The van der Waals surface area contributed by atoms with Gasteiger partial charge in [0.05, 0.1) is 11.3 Å². The summed E-state index contributed by atoms with van der Waals surface area (Å²) < 4.78 is 42.6. The van der Waals surface area contributed by atoms with Crippen molar-refractivity contribution < 1.29 is 32.4 Å². The molecule has 0 unspecified atom stereocenters. The van der Waals surface area contributed by atoms with Gasteiger partial charge < -0.3 is 9.63 Å². The molecular formula is C17H10F3N3O4. The van der Waals surface area contributed by atoms with Crippen LogP contribution in [0.25, 0.3) is 11.4 Å². The van der Waals surface area contributed by atoms with E-state index in [1.807, 2.05) is 0 Å². The van der Waals surface area contributed by atoms with E-state index in [-0.39, 0.29) is 17.0 Å². The van der Waals surface area contributed by atoms with E-state index in [2.05, 4.69) is 15.5 Å². The molecule has 0 aliphatic rings. The molecule has 3 rings (SSSR count). The van der Waals surface area contributed by atoms with E-state index in [1.165, 1.54) is 12.3 Å². The SMILES string of the molecule is O=C(Nc1onc(-c2ccccn2)c1C(=O)O)c1ccc(C(F)(F)F)cc1. The van der Waals surface area contributed by atoms with E-state index in [1.54, 1.807) is 12.1 Å². The molecule has 3 aromatic rings. The van der Waals surface area contributed by atoms with E-state index in [0.29, 0.717) is 0 Å². The molecule has 10 heteroatoms. The molecule has 0 atom stereocenters. The number of rotatable bonds is 4. The van der Waals surface area contributed by atoms with Gasteiger partial charge in [-0.3, -0.25) is 15.1 Å². The number of nitrogens with one attached hydrogen (secondary N) is 1. The van der Waals surface area contributed by atoms with Crippen LogP contribution in [0.5, 0.6) is 0 Å². The number of anilines is 1. The van der Waals surface area contributed by atoms with Crippen molar-refractivity contribution in [2.24, 2.45) is 0 Å². The Morgan fingerprint density at radius 1 is 1.07 bits per heavy atom. The molecule has 0 spiro atoms. The number of amides is 1. The van der Waals surface area contributed by atoms with Crippen molar-refractivity contribution in [2.75, 3.05) is 5.32 Å². The van der Waals surface area contributed by atoms with Gasteiger partial charge in [-0.05, 0) is 36.4 Å². The number of pyridine rings is 1. The molecule has 7 nitrogen and oxygen atoms in total. The van der Waals surface area contributed by atoms with Crippen LogP contribution < -0.4 is 5.32 Å². The topological polar surface area (TPSA) is 105 Å². The molecule has 0 radical (unpaired) electrons. The number of alkyl halides is 3. The van der Waals surface area contributed by atoms with Gasteiger partial charge in [0.15, 0.2) is 5.56 Å². The first-order valence-corrected chi connectivity index (χ1v) is 7.40. The first-order chi connectivity index (χ1) is 12.8. The highest BCUT2D eigenvalue weighted by Crippen LogP contribution is 2.30. The number of benzene rings is 1. The molecule has 0 aliphatic carbocycles. The van der Waals surface area contributed by atoms with Gasteiger partial charge in [-0.15, -0.1) is 0 Å². The summed E-state index contributed by atoms with van der Waals surface area (Å²) in [7, 11) is 0. The van der Waals surface area contributed by atoms with Crippen LogP contribution in [-0.2, 0) is 6.18 Å². The molecule has 2 heterocycles. The zero-order chi connectivity index (χ0) is 19.6. The number of aromatic nitrogens is 2. The molecule has 2 aromatic heterocycles. The van der Waals surface area contributed by atoms with Crippen molar-refractivity contribution in [3.8, 4) is 11.4 Å². The Bertz CT molecular complexity index is 983. The van der Waals surface area contributed by atoms with E-state index in [4.69, 9.17) is 4.52 Å². The number of hydrogen-bond acceptors (Lipinski definition) is 5. The number of carboxylic acid groups (broad SMARTS) is 1. The van der Waals surface area contributed by atoms with Gasteiger partial charge in [0.25, 0.3) is 5.91 Å². The first kappa shape index (κ1) is 18.1. The molecule has 2 N–H and O–H groups in total. The maximum Gasteiger partial charge on any atom is 0.416 e. The second-order valence-electron chi connectivity index (χ2n) is 5.28. The number of carbonyl (C=O) groups excluding carboxylic acids is 1. The third kappa shape index (κ3) is 3.78. The predicted octanol–water partition coefficient (Wildman–Crippen LogP) is 3.71. The number of halogens is 3. The van der Waals surface area contributed by atoms with E-state index in [0.717, 1.165) is 24.3 Å². The average Bonchev–Trinajstić information content (AvgIpc) is 3.05. The van der Waals surface area contributed by atoms with Crippen LogP contribution in [0.4, 0.5) is 19.1 Å². The van der Waals surface area contributed by atoms with Gasteiger partial charge >= 0.3 is 12.1 Å². The standard InChI is InChI=1S/C17H10F3N3O4/c18-17(19,20)10-6-4-9(5-7-10)14(24)22-15-12(16(25)26)13(23-27-15)11-3-1-2-8-21-11/h1-8H,(H,22,24)(H,25,26). The first-order valence-electron chi connectivity index (χ1n) is 7.40. The molecule has 0 saturated carbocycles. The normalized spacial score (nSPS) is 11.2. The Morgan fingerprint density at radius 3 is 2.33 bits per heavy atom. The lowest BCUT2D eigenvalue weighted by Crippen LogP contribution is -2.14. The lowest BCUT2D eigenvalue weighted by molar-refractivity contribution is -0.137. The zero-order valence-corrected chi connectivity index (χ0v) is 13.3. The van der Waals surface area contributed by atoms with Crippen molar-refractivity contribution in [1.29, 1.82) is 0 Å². The highest BCUT2D eigenvalue weighted by atomic mass is 19.4. The monoisotopic (exact) mass is 377 g/mol. The lowest BCUT2D eigenvalue weighted by Gasteiger charge is -2.07. The van der Waals surface area contributed by atoms with E-state index < -0.39 is 35.1 Å². The average molecular weight is 377 g/mol. The summed E-state index contributed by atoms with van der Waals surface area (Å²) in [5.41, 5.74) is -1.33. The summed E-state index contributed by atoms with van der Waals surface area (Å²) >= 11 is 0. The van der Waals surface area contributed by atoms with Gasteiger partial charge in [0, 0.05) is 11.8 Å². The third-order valence-corrected chi connectivity index (χ3v) is 3.51. The fourth-order valence-corrected chi connectivity index (χ4v) is 2.24. The maximum absolute atomic E-state index is 12.6. The van der Waals surface area contributed by atoms with Crippen molar-refractivity contribution in [2.45, 2.75) is 6.18 Å². The van der Waals surface area contributed by atoms with Gasteiger partial charge in [0.1, 0.15) is 5.69 Å². The highest BCUT2D eigenvalue weighted by Gasteiger charge is 2.30. The third-order valence-electron chi connectivity index (χ3n) is 3.51. The minimum absolute atomic E-state index is 0.0918. The molecule has 0 fully saturated rings. The Hall–Kier alpha value is -3.69. The summed E-state index contributed by atoms with van der Waals surface area (Å²) in [5.74, 6) is -2.72. The van der Waals surface area contributed by atoms with Crippen LogP contribution >= 0.6 is 0 Å². The zero-order valence-electron chi connectivity index (χ0n) is 13.3. The number of carbonyl (C=O) groups is 2. The van der Waals surface area contributed by atoms with Gasteiger partial charge in [-0.1, -0.05) is 11.2 Å². The molecule has 0 bridgehead atoms. The number of carboxylic acids is 1. The summed E-state index contributed by atoms with van der Waals surface area (Å²) in [6.45, 7) is 0. The molecular weight excluding hydrogens is 367 g/mol. The van der Waals surface area contributed by atoms with Crippen molar-refractivity contribution in [3.05, 3.63) is 65.4 Å². The van der Waals surface area contributed by atoms with Crippen molar-refractivity contribution in [3.63, 3.8) is 0 Å². The quantitative estimate of drug-likeness (QED) is 0.718. The highest BCUT2D eigenvalue weighted by molar-refractivity contribution is 6.08. The fourth-order valence-electron chi connectivity index (χ4n) is 2.24. The molecule has 0 aliphatic heterocycles. The van der Waals surface area contributed by atoms with Crippen LogP contribution in [0.1, 0.15) is 26.3 Å². The Kier molecular flexibility index (Phi) is 4.63. The van der Waals surface area contributed by atoms with Gasteiger partial charge in [-0.25, -0.2) is 4.79 Å². The minimum Gasteiger partial charge on any atom is -0.477 e. The van der Waals surface area contributed by atoms with Crippen LogP contribution in [0.15, 0.2) is 53.2 Å². The van der Waals surface area contributed by atoms with Gasteiger partial charge in [-0.2, -0.15) is 13.2 Å². The summed E-state index contributed by atoms with van der Waals surface area (Å²) in [6, 6.07) is 8.16. The smallest absolute Gasteiger partial charge is 0.416 e. The number of hydrogen-bond donors (Lipinski definition) is 2. The molecule has 1 amide bonds. The van der Waals surface area contributed by atoms with Crippen LogP contribution in [0.2, 0.25) is 0 Å². The van der Waals surface area contributed by atoms with Crippen molar-refractivity contribution in [1.82, 2.24) is 10.1 Å². The minimum atomic E-state index is -4.53. The molecule has 1 aromatic carbocycles. The molecule has 0 saturated heterocycles. The Labute approximate surface area is 149 Å². The van der Waals surface area contributed by atoms with Crippen molar-refractivity contribution >= 4 is 17.8 Å². The van der Waals surface area contributed by atoms with E-state index >= 15 is 0 Å². The second-order valence-corrected chi connectivity index (χ2v) is 5.28. The summed E-state index contributed by atoms with van der Waals surface area (Å²) in [4.78, 5) is 27.7. The van der Waals surface area contributed by atoms with E-state index in [9.17, 15) is 27.9 Å². The predicted molar refractivity (Wildman–Crippen MR) is 86.1 cm³/mol. The number of aromatic carboxylic acids is 1. The lowest BCUT2D eigenvalue weighted by atomic mass is 10.1. The molecule has 138 valence electrons. The fraction of sp³-hybridized carbons (Fsp3) is 0.0588. The van der Waals surface area contributed by atoms with Crippen LogP contribution in [-0.4, -0.2) is 27.1 Å². The molecule has 27 heavy (non-hydrogen) atoms. The van der Waals surface area contributed by atoms with Gasteiger partial charge in [0.2, 0.25) is 5.88 Å². The number of nitrogens with zero attached hydrogens (tertiary/aromatic N) is 2. The largest absolute Gasteiger partial charge is 0.477 e. The maximum atomic E-state index is 12.6. The second kappa shape index (κ2) is 6.90. The van der Waals surface area contributed by atoms with Crippen LogP contribution in [0, 0.1) is 0 Å².